The molecule has 1 rings (SSSR count). The van der Waals surface area contributed by atoms with Gasteiger partial charge in [-0.3, -0.25) is 0 Å². The minimum Gasteiger partial charge on any atom is -0.493 e. The van der Waals surface area contributed by atoms with Gasteiger partial charge in [-0.05, 0) is 18.6 Å². The molecule has 0 aliphatic heterocycles. The molecule has 0 bridgehead atoms. The molecule has 0 spiro atoms. The topological polar surface area (TPSA) is 64.7 Å². The van der Waals surface area contributed by atoms with Gasteiger partial charge >= 0.3 is 0 Å². The Bertz CT molecular complexity index is 382. The van der Waals surface area contributed by atoms with Crippen LogP contribution in [-0.4, -0.2) is 25.9 Å². The first-order valence-corrected chi connectivity index (χ1v) is 5.63. The lowest BCUT2D eigenvalue weighted by Crippen LogP contribution is -2.17. The summed E-state index contributed by atoms with van der Waals surface area (Å²) >= 11 is 3.43. The number of halogens is 1. The van der Waals surface area contributed by atoms with E-state index in [1.807, 2.05) is 13.0 Å². The van der Waals surface area contributed by atoms with Crippen LogP contribution in [0.3, 0.4) is 0 Å². The molecule has 1 atom stereocenters. The van der Waals surface area contributed by atoms with E-state index in [0.29, 0.717) is 11.5 Å². The predicted octanol–water partition coefficient (Wildman–Crippen LogP) is 1.77. The van der Waals surface area contributed by atoms with E-state index in [4.69, 9.17) is 20.3 Å². The fraction of sp³-hybridized carbons (Fsp3) is 0.455. The van der Waals surface area contributed by atoms with Gasteiger partial charge in [-0.1, -0.05) is 15.9 Å². The van der Waals surface area contributed by atoms with Crippen LogP contribution < -0.4 is 15.2 Å². The zero-order chi connectivity index (χ0) is 12.3. The highest BCUT2D eigenvalue weighted by Crippen LogP contribution is 2.40. The molecule has 0 amide bonds. The maximum absolute atomic E-state index is 9.15. The lowest BCUT2D eigenvalue weighted by Gasteiger charge is -2.20. The van der Waals surface area contributed by atoms with Crippen molar-refractivity contribution in [3.63, 3.8) is 0 Å². The summed E-state index contributed by atoms with van der Waals surface area (Å²) in [7, 11) is 3.12. The number of hydrogen-bond acceptors (Lipinski definition) is 4. The molecule has 0 saturated carbocycles. The fourth-order valence-electron chi connectivity index (χ4n) is 1.62. The third-order valence-corrected chi connectivity index (χ3v) is 3.30. The first kappa shape index (κ1) is 13.3. The Hall–Kier alpha value is -0.780. The number of nitrogens with two attached hydrogens (primary N) is 1. The van der Waals surface area contributed by atoms with Gasteiger partial charge in [0.1, 0.15) is 0 Å². The maximum atomic E-state index is 9.15. The molecule has 0 fully saturated rings. The van der Waals surface area contributed by atoms with Crippen molar-refractivity contribution in [2.75, 3.05) is 20.8 Å². The lowest BCUT2D eigenvalue weighted by atomic mass is 10.0. The Kier molecular flexibility index (Phi) is 4.58. The molecule has 90 valence electrons. The number of rotatable bonds is 4. The molecule has 0 heterocycles. The van der Waals surface area contributed by atoms with Gasteiger partial charge in [0.2, 0.25) is 0 Å². The summed E-state index contributed by atoms with van der Waals surface area (Å²) in [6.45, 7) is 1.77. The summed E-state index contributed by atoms with van der Waals surface area (Å²) in [6.07, 6.45) is 0. The average molecular weight is 290 g/mol. The SMILES string of the molecule is COc1cc(Br)c(C)c(C(N)CO)c1OC. The van der Waals surface area contributed by atoms with Crippen LogP contribution in [0.15, 0.2) is 10.5 Å². The summed E-state index contributed by atoms with van der Waals surface area (Å²) in [6, 6.07) is 1.34. The molecule has 3 N–H and O–H groups in total. The number of hydrogen-bond donors (Lipinski definition) is 2. The summed E-state index contributed by atoms with van der Waals surface area (Å²) in [5.74, 6) is 1.17. The van der Waals surface area contributed by atoms with Crippen LogP contribution in [0.5, 0.6) is 11.5 Å². The first-order valence-electron chi connectivity index (χ1n) is 4.84. The Morgan fingerprint density at radius 1 is 1.44 bits per heavy atom. The monoisotopic (exact) mass is 289 g/mol. The van der Waals surface area contributed by atoms with Crippen LogP contribution in [-0.2, 0) is 0 Å². The largest absolute Gasteiger partial charge is 0.493 e. The van der Waals surface area contributed by atoms with Crippen molar-refractivity contribution >= 4 is 15.9 Å². The van der Waals surface area contributed by atoms with E-state index in [-0.39, 0.29) is 6.61 Å². The Morgan fingerprint density at radius 3 is 2.50 bits per heavy atom. The van der Waals surface area contributed by atoms with Gasteiger partial charge in [0.15, 0.2) is 11.5 Å². The Labute approximate surface area is 103 Å². The van der Waals surface area contributed by atoms with Gasteiger partial charge in [0, 0.05) is 10.0 Å². The highest BCUT2D eigenvalue weighted by molar-refractivity contribution is 9.10. The van der Waals surface area contributed by atoms with E-state index < -0.39 is 6.04 Å². The zero-order valence-corrected chi connectivity index (χ0v) is 11.2. The number of benzene rings is 1. The third-order valence-electron chi connectivity index (χ3n) is 2.48. The second-order valence-electron chi connectivity index (χ2n) is 3.42. The van der Waals surface area contributed by atoms with E-state index in [2.05, 4.69) is 15.9 Å². The summed E-state index contributed by atoms with van der Waals surface area (Å²) in [5.41, 5.74) is 7.56. The summed E-state index contributed by atoms with van der Waals surface area (Å²) in [4.78, 5) is 0. The van der Waals surface area contributed by atoms with Gasteiger partial charge in [-0.2, -0.15) is 0 Å². The van der Waals surface area contributed by atoms with Crippen LogP contribution in [0.25, 0.3) is 0 Å². The molecule has 1 aromatic rings. The van der Waals surface area contributed by atoms with Gasteiger partial charge < -0.3 is 20.3 Å². The van der Waals surface area contributed by atoms with E-state index in [0.717, 1.165) is 15.6 Å². The minimum atomic E-state index is -0.485. The summed E-state index contributed by atoms with van der Waals surface area (Å²) < 4.78 is 11.4. The number of aliphatic hydroxyl groups is 1. The van der Waals surface area contributed by atoms with Crippen LogP contribution >= 0.6 is 15.9 Å². The maximum Gasteiger partial charge on any atom is 0.165 e. The number of ether oxygens (including phenoxy) is 2. The molecule has 0 saturated heterocycles. The normalized spacial score (nSPS) is 12.4. The highest BCUT2D eigenvalue weighted by Gasteiger charge is 2.20. The molecule has 0 aromatic heterocycles. The molecule has 5 heteroatoms. The van der Waals surface area contributed by atoms with Crippen molar-refractivity contribution in [2.24, 2.45) is 5.73 Å². The van der Waals surface area contributed by atoms with Crippen molar-refractivity contribution < 1.29 is 14.6 Å². The fourth-order valence-corrected chi connectivity index (χ4v) is 2.04. The zero-order valence-electron chi connectivity index (χ0n) is 9.58. The molecule has 1 aromatic carbocycles. The van der Waals surface area contributed by atoms with Crippen LogP contribution in [0.1, 0.15) is 17.2 Å². The number of methoxy groups -OCH3 is 2. The standard InChI is InChI=1S/C11H16BrNO3/c1-6-7(12)4-9(15-2)11(16-3)10(6)8(13)5-14/h4,8,14H,5,13H2,1-3H3. The van der Waals surface area contributed by atoms with Crippen molar-refractivity contribution in [3.05, 3.63) is 21.7 Å². The second kappa shape index (κ2) is 5.52. The van der Waals surface area contributed by atoms with E-state index >= 15 is 0 Å². The van der Waals surface area contributed by atoms with Crippen molar-refractivity contribution in [3.8, 4) is 11.5 Å². The Balaban J connectivity index is 3.46. The molecule has 4 nitrogen and oxygen atoms in total. The first-order chi connectivity index (χ1) is 7.56. The minimum absolute atomic E-state index is 0.142. The van der Waals surface area contributed by atoms with Crippen LogP contribution in [0, 0.1) is 6.92 Å². The Morgan fingerprint density at radius 2 is 2.06 bits per heavy atom. The highest BCUT2D eigenvalue weighted by atomic mass is 79.9. The van der Waals surface area contributed by atoms with Gasteiger partial charge in [-0.15, -0.1) is 0 Å². The molecule has 0 aliphatic rings. The van der Waals surface area contributed by atoms with Crippen molar-refractivity contribution in [2.45, 2.75) is 13.0 Å². The van der Waals surface area contributed by atoms with Gasteiger partial charge in [-0.25, -0.2) is 0 Å². The van der Waals surface area contributed by atoms with E-state index in [9.17, 15) is 0 Å². The van der Waals surface area contributed by atoms with Crippen LogP contribution in [0.4, 0.5) is 0 Å². The van der Waals surface area contributed by atoms with E-state index in [1.165, 1.54) is 0 Å². The second-order valence-corrected chi connectivity index (χ2v) is 4.28. The predicted molar refractivity (Wildman–Crippen MR) is 66.0 cm³/mol. The molecule has 1 unspecified atom stereocenters. The molecule has 16 heavy (non-hydrogen) atoms. The molecule has 0 aliphatic carbocycles. The van der Waals surface area contributed by atoms with E-state index in [1.54, 1.807) is 14.2 Å². The molecular weight excluding hydrogens is 274 g/mol. The number of aliphatic hydroxyl groups excluding tert-OH is 1. The van der Waals surface area contributed by atoms with Gasteiger partial charge in [0.25, 0.3) is 0 Å². The molecular formula is C11H16BrNO3. The van der Waals surface area contributed by atoms with Crippen molar-refractivity contribution in [1.82, 2.24) is 0 Å². The van der Waals surface area contributed by atoms with Gasteiger partial charge in [0.05, 0.1) is 26.9 Å². The summed E-state index contributed by atoms with van der Waals surface area (Å²) in [5, 5.41) is 9.15. The smallest absolute Gasteiger partial charge is 0.165 e. The average Bonchev–Trinajstić information content (AvgIpc) is 2.30. The van der Waals surface area contributed by atoms with Crippen LogP contribution in [0.2, 0.25) is 0 Å². The quantitative estimate of drug-likeness (QED) is 0.887. The lowest BCUT2D eigenvalue weighted by molar-refractivity contribution is 0.262. The third kappa shape index (κ3) is 2.31. The molecule has 0 radical (unpaired) electrons. The van der Waals surface area contributed by atoms with Crippen molar-refractivity contribution in [1.29, 1.82) is 0 Å².